The molecule has 31 heavy (non-hydrogen) atoms. The van der Waals surface area contributed by atoms with Crippen LogP contribution in [0, 0.1) is 11.8 Å². The van der Waals surface area contributed by atoms with Crippen LogP contribution in [0.25, 0.3) is 0 Å². The lowest BCUT2D eigenvalue weighted by Crippen LogP contribution is -2.58. The highest BCUT2D eigenvalue weighted by atomic mass is 35.5. The summed E-state index contributed by atoms with van der Waals surface area (Å²) in [6, 6.07) is 2.79. The van der Waals surface area contributed by atoms with Crippen LogP contribution in [0.3, 0.4) is 0 Å². The van der Waals surface area contributed by atoms with Crippen molar-refractivity contribution in [2.45, 2.75) is 49.4 Å². The summed E-state index contributed by atoms with van der Waals surface area (Å²) in [6.45, 7) is 1.97. The predicted molar refractivity (Wildman–Crippen MR) is 102 cm³/mol. The molecule has 0 aliphatic carbocycles. The Balaban J connectivity index is 1.59. The maximum absolute atomic E-state index is 13.6. The summed E-state index contributed by atoms with van der Waals surface area (Å²) in [6.07, 6.45) is -5.70. The highest BCUT2D eigenvalue weighted by molar-refractivity contribution is 6.31. The third kappa shape index (κ3) is 2.61. The Morgan fingerprint density at radius 1 is 1.39 bits per heavy atom. The van der Waals surface area contributed by atoms with Gasteiger partial charge in [0.15, 0.2) is 0 Å². The molecule has 4 heterocycles. The van der Waals surface area contributed by atoms with E-state index in [0.29, 0.717) is 12.8 Å². The number of hydrogen-bond donors (Lipinski definition) is 1. The van der Waals surface area contributed by atoms with Gasteiger partial charge in [-0.05, 0) is 25.1 Å². The van der Waals surface area contributed by atoms with Crippen molar-refractivity contribution < 1.29 is 37.3 Å². The standard InChI is InChI=1S/C20H20ClF3N2O5/c1-18-12(25(2)17(28)29)8-19(31-18)5-6-30-16-14(19)13(18)15(27)26(16)9-3-4-11(21)10(7-9)20(22,23)24/h3-4,7,12-14,16H,5-6,8H2,1-2H3,(H,28,29)/t12-,13+,14-,16-,18+,19-/m1/s1. The second-order valence-electron chi connectivity index (χ2n) is 8.85. The first-order valence-electron chi connectivity index (χ1n) is 9.88. The summed E-state index contributed by atoms with van der Waals surface area (Å²) in [4.78, 5) is 27.6. The van der Waals surface area contributed by atoms with Crippen LogP contribution in [0.4, 0.5) is 23.7 Å². The number of carbonyl (C=O) groups is 2. The molecule has 1 N–H and O–H groups in total. The van der Waals surface area contributed by atoms with Gasteiger partial charge in [-0.2, -0.15) is 13.2 Å². The number of hydrogen-bond acceptors (Lipinski definition) is 4. The van der Waals surface area contributed by atoms with Gasteiger partial charge in [0.05, 0.1) is 40.4 Å². The van der Waals surface area contributed by atoms with Crippen molar-refractivity contribution in [2.75, 3.05) is 18.6 Å². The number of carbonyl (C=O) groups excluding carboxylic acids is 1. The molecule has 1 aromatic carbocycles. The Morgan fingerprint density at radius 3 is 2.74 bits per heavy atom. The molecule has 4 aliphatic rings. The lowest BCUT2D eigenvalue weighted by molar-refractivity contribution is -0.141. The van der Waals surface area contributed by atoms with Crippen LogP contribution in [-0.4, -0.2) is 59.1 Å². The van der Waals surface area contributed by atoms with E-state index in [1.165, 1.54) is 18.0 Å². The summed E-state index contributed by atoms with van der Waals surface area (Å²) in [7, 11) is 1.44. The monoisotopic (exact) mass is 460 g/mol. The summed E-state index contributed by atoms with van der Waals surface area (Å²) in [5.41, 5.74) is -2.85. The van der Waals surface area contributed by atoms with Gasteiger partial charge >= 0.3 is 12.3 Å². The van der Waals surface area contributed by atoms with E-state index in [2.05, 4.69) is 0 Å². The van der Waals surface area contributed by atoms with E-state index in [1.54, 1.807) is 6.92 Å². The molecular formula is C20H20ClF3N2O5. The van der Waals surface area contributed by atoms with Gasteiger partial charge in [-0.15, -0.1) is 0 Å². The van der Waals surface area contributed by atoms with E-state index in [-0.39, 0.29) is 12.3 Å². The van der Waals surface area contributed by atoms with E-state index < -0.39 is 64.1 Å². The molecule has 4 fully saturated rings. The van der Waals surface area contributed by atoms with E-state index >= 15 is 0 Å². The third-order valence-electron chi connectivity index (χ3n) is 7.39. The minimum absolute atomic E-state index is 0.0457. The molecule has 0 aromatic heterocycles. The topological polar surface area (TPSA) is 79.3 Å². The second-order valence-corrected chi connectivity index (χ2v) is 9.26. The number of alkyl halides is 3. The van der Waals surface area contributed by atoms with Gasteiger partial charge in [0.1, 0.15) is 6.23 Å². The number of carboxylic acid groups (broad SMARTS) is 1. The molecule has 4 saturated heterocycles. The van der Waals surface area contributed by atoms with Gasteiger partial charge in [0.25, 0.3) is 0 Å². The quantitative estimate of drug-likeness (QED) is 0.729. The Kier molecular flexibility index (Phi) is 4.21. The first-order valence-corrected chi connectivity index (χ1v) is 10.3. The van der Waals surface area contributed by atoms with Crippen LogP contribution < -0.4 is 4.90 Å². The molecule has 1 spiro atoms. The molecule has 0 radical (unpaired) electrons. The average Bonchev–Trinajstić information content (AvgIpc) is 3.25. The van der Waals surface area contributed by atoms with Gasteiger partial charge in [-0.25, -0.2) is 4.79 Å². The average molecular weight is 461 g/mol. The number of fused-ring (bicyclic) bond motifs is 2. The predicted octanol–water partition coefficient (Wildman–Crippen LogP) is 3.59. The summed E-state index contributed by atoms with van der Waals surface area (Å²) >= 11 is 5.75. The Bertz CT molecular complexity index is 990. The van der Waals surface area contributed by atoms with E-state index in [0.717, 1.165) is 17.0 Å². The fourth-order valence-electron chi connectivity index (χ4n) is 6.13. The number of amides is 2. The van der Waals surface area contributed by atoms with Crippen molar-refractivity contribution in [1.29, 1.82) is 0 Å². The maximum atomic E-state index is 13.6. The summed E-state index contributed by atoms with van der Waals surface area (Å²) < 4.78 is 52.5. The van der Waals surface area contributed by atoms with Gasteiger partial charge in [0, 0.05) is 31.5 Å². The molecule has 0 saturated carbocycles. The summed E-state index contributed by atoms with van der Waals surface area (Å²) in [5.74, 6) is -1.56. The number of halogens is 4. The second kappa shape index (κ2) is 6.26. The molecule has 168 valence electrons. The fourth-order valence-corrected chi connectivity index (χ4v) is 6.36. The van der Waals surface area contributed by atoms with Crippen molar-refractivity contribution in [3.05, 3.63) is 28.8 Å². The molecule has 11 heteroatoms. The molecule has 0 unspecified atom stereocenters. The Hall–Kier alpha value is -2.04. The van der Waals surface area contributed by atoms with Crippen molar-refractivity contribution in [2.24, 2.45) is 11.8 Å². The van der Waals surface area contributed by atoms with Gasteiger partial charge in [-0.3, -0.25) is 9.69 Å². The fraction of sp³-hybridized carbons (Fsp3) is 0.600. The minimum Gasteiger partial charge on any atom is -0.465 e. The summed E-state index contributed by atoms with van der Waals surface area (Å²) in [5, 5.41) is 9.05. The minimum atomic E-state index is -4.68. The van der Waals surface area contributed by atoms with Crippen LogP contribution in [-0.2, 0) is 20.4 Å². The lowest BCUT2D eigenvalue weighted by Gasteiger charge is -2.44. The van der Waals surface area contributed by atoms with Crippen LogP contribution >= 0.6 is 11.6 Å². The normalized spacial score (nSPS) is 38.5. The number of benzene rings is 1. The SMILES string of the molecule is CN(C(=O)O)[C@@H]1C[C@]23CCO[C@@H]4[C@H]2[C@@H](C(=O)N4c2ccc(Cl)c(C(F)(F)F)c2)[C@@]1(C)O3. The van der Waals surface area contributed by atoms with Crippen LogP contribution in [0.15, 0.2) is 18.2 Å². The molecule has 2 amide bonds. The van der Waals surface area contributed by atoms with E-state index in [4.69, 9.17) is 21.1 Å². The van der Waals surface area contributed by atoms with Crippen LogP contribution in [0.5, 0.6) is 0 Å². The molecule has 2 bridgehead atoms. The molecular weight excluding hydrogens is 441 g/mol. The zero-order valence-corrected chi connectivity index (χ0v) is 17.4. The third-order valence-corrected chi connectivity index (χ3v) is 7.72. The first kappa shape index (κ1) is 20.8. The Labute approximate surface area is 180 Å². The van der Waals surface area contributed by atoms with Gasteiger partial charge in [0.2, 0.25) is 5.91 Å². The number of anilines is 1. The van der Waals surface area contributed by atoms with Gasteiger partial charge < -0.3 is 19.5 Å². The Morgan fingerprint density at radius 2 is 2.10 bits per heavy atom. The number of likely N-dealkylation sites (N-methyl/N-ethyl adjacent to an activating group) is 1. The first-order chi connectivity index (χ1) is 14.4. The van der Waals surface area contributed by atoms with Crippen molar-refractivity contribution in [3.63, 3.8) is 0 Å². The largest absolute Gasteiger partial charge is 0.465 e. The smallest absolute Gasteiger partial charge is 0.417 e. The number of nitrogens with zero attached hydrogens (tertiary/aromatic N) is 2. The number of rotatable bonds is 2. The van der Waals surface area contributed by atoms with Gasteiger partial charge in [-0.1, -0.05) is 11.6 Å². The van der Waals surface area contributed by atoms with Crippen molar-refractivity contribution in [1.82, 2.24) is 4.90 Å². The van der Waals surface area contributed by atoms with E-state index in [9.17, 15) is 27.9 Å². The lowest BCUT2D eigenvalue weighted by atomic mass is 9.64. The van der Waals surface area contributed by atoms with Crippen molar-refractivity contribution >= 4 is 29.3 Å². The maximum Gasteiger partial charge on any atom is 0.417 e. The zero-order chi connectivity index (χ0) is 22.5. The molecule has 7 nitrogen and oxygen atoms in total. The molecule has 6 atom stereocenters. The number of ether oxygens (including phenoxy) is 2. The molecule has 5 rings (SSSR count). The van der Waals surface area contributed by atoms with Crippen molar-refractivity contribution in [3.8, 4) is 0 Å². The van der Waals surface area contributed by atoms with Crippen LogP contribution in [0.2, 0.25) is 5.02 Å². The highest BCUT2D eigenvalue weighted by Gasteiger charge is 2.78. The van der Waals surface area contributed by atoms with Crippen LogP contribution in [0.1, 0.15) is 25.3 Å². The van der Waals surface area contributed by atoms with E-state index in [1.807, 2.05) is 0 Å². The molecule has 1 aromatic rings. The molecule has 4 aliphatic heterocycles. The zero-order valence-electron chi connectivity index (χ0n) is 16.6. The highest BCUT2D eigenvalue weighted by Crippen LogP contribution is 2.66.